The maximum absolute atomic E-state index is 12.9. The third-order valence-electron chi connectivity index (χ3n) is 4.29. The zero-order valence-electron chi connectivity index (χ0n) is 17.9. The number of nitrogens with one attached hydrogen (secondary N) is 2. The summed E-state index contributed by atoms with van der Waals surface area (Å²) in [5.74, 6) is -0.0118. The number of hydrogen-bond acceptors (Lipinski definition) is 5. The number of alkyl halides is 1. The van der Waals surface area contributed by atoms with Gasteiger partial charge in [0.2, 0.25) is 21.8 Å². The minimum absolute atomic E-state index is 0.275. The predicted octanol–water partition coefficient (Wildman–Crippen LogP) is 3.74. The molecule has 0 aliphatic rings. The van der Waals surface area contributed by atoms with Gasteiger partial charge in [-0.1, -0.05) is 25.5 Å². The van der Waals surface area contributed by atoms with Crippen molar-refractivity contribution in [3.63, 3.8) is 0 Å². The van der Waals surface area contributed by atoms with Crippen LogP contribution in [0.1, 0.15) is 42.1 Å². The molecule has 0 atom stereocenters. The van der Waals surface area contributed by atoms with Crippen LogP contribution in [0, 0.1) is 6.92 Å². The number of amides is 1. The van der Waals surface area contributed by atoms with Gasteiger partial charge in [0.25, 0.3) is 0 Å². The van der Waals surface area contributed by atoms with Gasteiger partial charge < -0.3 is 10.1 Å². The average Bonchev–Trinajstić information content (AvgIpc) is 2.72. The summed E-state index contributed by atoms with van der Waals surface area (Å²) in [4.78, 5) is 16.4. The predicted molar refractivity (Wildman–Crippen MR) is 120 cm³/mol. The number of anilines is 1. The number of sulfonamides is 1. The third kappa shape index (κ3) is 8.37. The van der Waals surface area contributed by atoms with Crippen LogP contribution in [0.5, 0.6) is 5.88 Å². The molecule has 0 spiro atoms. The highest BCUT2D eigenvalue weighted by atomic mass is 32.2. The van der Waals surface area contributed by atoms with Crippen molar-refractivity contribution in [1.82, 2.24) is 10.3 Å². The third-order valence-corrected chi connectivity index (χ3v) is 4.88. The van der Waals surface area contributed by atoms with Gasteiger partial charge in [-0.2, -0.15) is 0 Å². The molecule has 1 aromatic carbocycles. The van der Waals surface area contributed by atoms with Crippen LogP contribution in [0.3, 0.4) is 0 Å². The van der Waals surface area contributed by atoms with Gasteiger partial charge in [0.15, 0.2) is 0 Å². The number of rotatable bonds is 11. The molecular formula is C22H28FN3O4S. The van der Waals surface area contributed by atoms with Crippen LogP contribution in [-0.4, -0.2) is 32.2 Å². The number of carbonyl (C=O) groups excluding carboxylic acids is 1. The number of hydrogen-bond donors (Lipinski definition) is 2. The fourth-order valence-electron chi connectivity index (χ4n) is 2.68. The number of aromatic nitrogens is 1. The minimum atomic E-state index is -3.35. The molecule has 1 amide bonds. The topological polar surface area (TPSA) is 97.4 Å². The second kappa shape index (κ2) is 11.5. The van der Waals surface area contributed by atoms with E-state index < -0.39 is 16.7 Å². The summed E-state index contributed by atoms with van der Waals surface area (Å²) in [5, 5.41) is 2.77. The van der Waals surface area contributed by atoms with E-state index in [1.165, 1.54) is 6.08 Å². The van der Waals surface area contributed by atoms with Gasteiger partial charge in [0, 0.05) is 18.2 Å². The molecule has 2 rings (SSSR count). The van der Waals surface area contributed by atoms with Gasteiger partial charge >= 0.3 is 0 Å². The van der Waals surface area contributed by atoms with Gasteiger partial charge in [-0.15, -0.1) is 0 Å². The van der Waals surface area contributed by atoms with Crippen molar-refractivity contribution in [2.75, 3.05) is 17.6 Å². The first kappa shape index (κ1) is 24.3. The molecule has 2 aromatic rings. The van der Waals surface area contributed by atoms with E-state index in [-0.39, 0.29) is 18.1 Å². The Kier molecular flexibility index (Phi) is 8.99. The SMILES string of the molecule is CCCCOc1nc(CF)ccc1/C=C/C(=O)NCc1ccc(NS(C)(=O)=O)c(C)c1. The standard InChI is InChI=1S/C22H28FN3O4S/c1-4-5-12-30-22-18(7-9-19(14-23)25-22)8-11-21(27)24-15-17-6-10-20(16(2)13-17)26-31(3,28)29/h6-11,13,26H,4-5,12,14-15H2,1-3H3,(H,24,27)/b11-8+. The number of nitrogens with zero attached hydrogens (tertiary/aromatic N) is 1. The largest absolute Gasteiger partial charge is 0.477 e. The Morgan fingerprint density at radius 1 is 1.26 bits per heavy atom. The van der Waals surface area contributed by atoms with E-state index in [1.54, 1.807) is 43.3 Å². The average molecular weight is 450 g/mol. The number of pyridine rings is 1. The highest BCUT2D eigenvalue weighted by Gasteiger charge is 2.08. The summed E-state index contributed by atoms with van der Waals surface area (Å²) >= 11 is 0. The maximum Gasteiger partial charge on any atom is 0.244 e. The molecule has 168 valence electrons. The molecule has 1 heterocycles. The van der Waals surface area contributed by atoms with Crippen molar-refractivity contribution in [3.05, 3.63) is 58.8 Å². The molecule has 7 nitrogen and oxygen atoms in total. The Hall–Kier alpha value is -2.94. The summed E-state index contributed by atoms with van der Waals surface area (Å²) in [6.07, 6.45) is 5.85. The van der Waals surface area contributed by atoms with Gasteiger partial charge in [-0.25, -0.2) is 17.8 Å². The molecule has 9 heteroatoms. The fourth-order valence-corrected chi connectivity index (χ4v) is 3.31. The van der Waals surface area contributed by atoms with Gasteiger partial charge in [0.1, 0.15) is 6.67 Å². The van der Waals surface area contributed by atoms with Gasteiger partial charge in [-0.05, 0) is 48.7 Å². The van der Waals surface area contributed by atoms with Crippen molar-refractivity contribution in [2.45, 2.75) is 39.9 Å². The molecule has 0 saturated carbocycles. The zero-order chi connectivity index (χ0) is 22.9. The van der Waals surface area contributed by atoms with Crippen molar-refractivity contribution < 1.29 is 22.3 Å². The molecule has 1 aromatic heterocycles. The Balaban J connectivity index is 2.00. The summed E-state index contributed by atoms with van der Waals surface area (Å²) in [5.41, 5.74) is 2.95. The first-order chi connectivity index (χ1) is 14.7. The lowest BCUT2D eigenvalue weighted by molar-refractivity contribution is -0.116. The van der Waals surface area contributed by atoms with E-state index in [1.807, 2.05) is 6.92 Å². The van der Waals surface area contributed by atoms with Crippen LogP contribution < -0.4 is 14.8 Å². The molecule has 0 aliphatic heterocycles. The Bertz CT molecular complexity index is 1040. The van der Waals surface area contributed by atoms with Gasteiger partial charge in [0.05, 0.1) is 24.2 Å². The normalized spacial score (nSPS) is 11.5. The lowest BCUT2D eigenvalue weighted by Gasteiger charge is -2.10. The highest BCUT2D eigenvalue weighted by Crippen LogP contribution is 2.20. The monoisotopic (exact) mass is 449 g/mol. The minimum Gasteiger partial charge on any atom is -0.477 e. The van der Waals surface area contributed by atoms with Crippen molar-refractivity contribution in [2.24, 2.45) is 0 Å². The van der Waals surface area contributed by atoms with E-state index in [0.717, 1.165) is 30.2 Å². The molecule has 0 aliphatic carbocycles. The number of benzene rings is 1. The smallest absolute Gasteiger partial charge is 0.244 e. The fraction of sp³-hybridized carbons (Fsp3) is 0.364. The molecular weight excluding hydrogens is 421 g/mol. The molecule has 31 heavy (non-hydrogen) atoms. The van der Waals surface area contributed by atoms with Crippen LogP contribution in [-0.2, 0) is 28.0 Å². The number of ether oxygens (including phenoxy) is 1. The first-order valence-corrected chi connectivity index (χ1v) is 11.8. The summed E-state index contributed by atoms with van der Waals surface area (Å²) in [6.45, 7) is 3.88. The summed E-state index contributed by atoms with van der Waals surface area (Å²) in [6, 6.07) is 8.43. The molecule has 0 fully saturated rings. The van der Waals surface area contributed by atoms with Crippen molar-refractivity contribution in [1.29, 1.82) is 0 Å². The van der Waals surface area contributed by atoms with E-state index in [9.17, 15) is 17.6 Å². The summed E-state index contributed by atoms with van der Waals surface area (Å²) in [7, 11) is -3.35. The van der Waals surface area contributed by atoms with E-state index in [0.29, 0.717) is 23.7 Å². The van der Waals surface area contributed by atoms with E-state index >= 15 is 0 Å². The number of carbonyl (C=O) groups is 1. The zero-order valence-corrected chi connectivity index (χ0v) is 18.8. The molecule has 0 saturated heterocycles. The quantitative estimate of drug-likeness (QED) is 0.402. The number of halogens is 1. The van der Waals surface area contributed by atoms with Crippen LogP contribution in [0.15, 0.2) is 36.4 Å². The number of aryl methyl sites for hydroxylation is 1. The first-order valence-electron chi connectivity index (χ1n) is 9.93. The second-order valence-corrected chi connectivity index (χ2v) is 8.86. The van der Waals surface area contributed by atoms with Crippen molar-refractivity contribution >= 4 is 27.7 Å². The Morgan fingerprint density at radius 3 is 2.68 bits per heavy atom. The number of unbranched alkanes of at least 4 members (excludes halogenated alkanes) is 1. The molecule has 0 bridgehead atoms. The Morgan fingerprint density at radius 2 is 2.03 bits per heavy atom. The lowest BCUT2D eigenvalue weighted by Crippen LogP contribution is -2.20. The second-order valence-electron chi connectivity index (χ2n) is 7.11. The molecule has 0 unspecified atom stereocenters. The van der Waals surface area contributed by atoms with Crippen LogP contribution in [0.4, 0.5) is 10.1 Å². The van der Waals surface area contributed by atoms with E-state index in [2.05, 4.69) is 15.0 Å². The Labute approximate surface area is 182 Å². The van der Waals surface area contributed by atoms with Crippen LogP contribution in [0.25, 0.3) is 6.08 Å². The van der Waals surface area contributed by atoms with Crippen LogP contribution in [0.2, 0.25) is 0 Å². The summed E-state index contributed by atoms with van der Waals surface area (Å²) < 4.78 is 43.7. The van der Waals surface area contributed by atoms with Crippen molar-refractivity contribution in [3.8, 4) is 5.88 Å². The lowest BCUT2D eigenvalue weighted by atomic mass is 10.1. The highest BCUT2D eigenvalue weighted by molar-refractivity contribution is 7.92. The molecule has 2 N–H and O–H groups in total. The van der Waals surface area contributed by atoms with Crippen LogP contribution >= 0.6 is 0 Å². The van der Waals surface area contributed by atoms with E-state index in [4.69, 9.17) is 4.74 Å². The molecule has 0 radical (unpaired) electrons. The maximum atomic E-state index is 12.9. The van der Waals surface area contributed by atoms with Gasteiger partial charge in [-0.3, -0.25) is 9.52 Å².